The maximum absolute atomic E-state index is 11.6. The van der Waals surface area contributed by atoms with E-state index in [1.807, 2.05) is 13.8 Å². The third-order valence-electron chi connectivity index (χ3n) is 2.80. The number of urea groups is 1. The van der Waals surface area contributed by atoms with Gasteiger partial charge < -0.3 is 20.4 Å². The second-order valence-corrected chi connectivity index (χ2v) is 4.36. The van der Waals surface area contributed by atoms with E-state index in [0.29, 0.717) is 26.1 Å². The van der Waals surface area contributed by atoms with Gasteiger partial charge in [-0.25, -0.2) is 4.79 Å². The molecule has 0 fully saturated rings. The average Bonchev–Trinajstić information content (AvgIpc) is 2.33. The summed E-state index contributed by atoms with van der Waals surface area (Å²) in [6.07, 6.45) is 1.55. The van der Waals surface area contributed by atoms with Crippen LogP contribution in [0.2, 0.25) is 0 Å². The molecule has 0 aliphatic carbocycles. The summed E-state index contributed by atoms with van der Waals surface area (Å²) in [5, 5.41) is 20.1. The number of nitrogens with zero attached hydrogens (tertiary/aromatic N) is 1. The van der Waals surface area contributed by atoms with Crippen molar-refractivity contribution in [1.82, 2.24) is 10.2 Å². The SMILES string of the molecule is CCN(CCO)C(=O)NCCC(C)CCC(=O)O. The van der Waals surface area contributed by atoms with E-state index in [-0.39, 0.29) is 25.0 Å². The summed E-state index contributed by atoms with van der Waals surface area (Å²) in [7, 11) is 0. The van der Waals surface area contributed by atoms with Crippen LogP contribution in [0.4, 0.5) is 4.79 Å². The van der Waals surface area contributed by atoms with Crippen LogP contribution >= 0.6 is 0 Å². The summed E-state index contributed by atoms with van der Waals surface area (Å²) < 4.78 is 0. The fraction of sp³-hybridized carbons (Fsp3) is 0.833. The molecule has 106 valence electrons. The summed E-state index contributed by atoms with van der Waals surface area (Å²) in [5.74, 6) is -0.514. The normalized spacial score (nSPS) is 11.9. The lowest BCUT2D eigenvalue weighted by atomic mass is 10.0. The third-order valence-corrected chi connectivity index (χ3v) is 2.80. The van der Waals surface area contributed by atoms with E-state index in [1.54, 1.807) is 0 Å². The molecule has 6 heteroatoms. The molecule has 0 bridgehead atoms. The molecule has 3 N–H and O–H groups in total. The summed E-state index contributed by atoms with van der Waals surface area (Å²) in [5.41, 5.74) is 0. The van der Waals surface area contributed by atoms with Gasteiger partial charge in [0.15, 0.2) is 0 Å². The van der Waals surface area contributed by atoms with Crippen LogP contribution < -0.4 is 5.32 Å². The highest BCUT2D eigenvalue weighted by Crippen LogP contribution is 2.09. The number of amides is 2. The maximum atomic E-state index is 11.6. The Morgan fingerprint density at radius 1 is 1.33 bits per heavy atom. The van der Waals surface area contributed by atoms with Crippen LogP contribution in [0.3, 0.4) is 0 Å². The smallest absolute Gasteiger partial charge is 0.317 e. The van der Waals surface area contributed by atoms with Crippen LogP contribution in [0.5, 0.6) is 0 Å². The number of carbonyl (C=O) groups excluding carboxylic acids is 1. The van der Waals surface area contributed by atoms with E-state index < -0.39 is 5.97 Å². The van der Waals surface area contributed by atoms with Gasteiger partial charge in [0.25, 0.3) is 0 Å². The van der Waals surface area contributed by atoms with Gasteiger partial charge in [-0.1, -0.05) is 6.92 Å². The maximum Gasteiger partial charge on any atom is 0.317 e. The largest absolute Gasteiger partial charge is 0.481 e. The van der Waals surface area contributed by atoms with Gasteiger partial charge in [-0.15, -0.1) is 0 Å². The Morgan fingerprint density at radius 2 is 2.00 bits per heavy atom. The van der Waals surface area contributed by atoms with Gasteiger partial charge in [0, 0.05) is 26.1 Å². The Hall–Kier alpha value is -1.30. The number of likely N-dealkylation sites (N-methyl/N-ethyl adjacent to an activating group) is 1. The highest BCUT2D eigenvalue weighted by molar-refractivity contribution is 5.74. The molecule has 0 radical (unpaired) electrons. The van der Waals surface area contributed by atoms with Crippen LogP contribution in [0.1, 0.15) is 33.1 Å². The number of hydrogen-bond acceptors (Lipinski definition) is 3. The van der Waals surface area contributed by atoms with Crippen molar-refractivity contribution in [2.45, 2.75) is 33.1 Å². The molecule has 1 atom stereocenters. The summed E-state index contributed by atoms with van der Waals surface area (Å²) >= 11 is 0. The lowest BCUT2D eigenvalue weighted by molar-refractivity contribution is -0.137. The van der Waals surface area contributed by atoms with Crippen LogP contribution in [0, 0.1) is 5.92 Å². The highest BCUT2D eigenvalue weighted by Gasteiger charge is 2.11. The lowest BCUT2D eigenvalue weighted by Gasteiger charge is -2.20. The van der Waals surface area contributed by atoms with Gasteiger partial charge in [-0.3, -0.25) is 4.79 Å². The number of carboxylic acid groups (broad SMARTS) is 1. The Labute approximate surface area is 108 Å². The first kappa shape index (κ1) is 16.7. The first-order chi connectivity index (χ1) is 8.51. The minimum Gasteiger partial charge on any atom is -0.481 e. The van der Waals surface area contributed by atoms with E-state index in [4.69, 9.17) is 10.2 Å². The fourth-order valence-corrected chi connectivity index (χ4v) is 1.58. The number of aliphatic carboxylic acids is 1. The minimum atomic E-state index is -0.786. The van der Waals surface area contributed by atoms with Crippen molar-refractivity contribution in [2.75, 3.05) is 26.2 Å². The van der Waals surface area contributed by atoms with Crippen molar-refractivity contribution in [3.8, 4) is 0 Å². The number of aliphatic hydroxyl groups excluding tert-OH is 1. The molecule has 0 heterocycles. The van der Waals surface area contributed by atoms with Gasteiger partial charge in [-0.05, 0) is 25.7 Å². The monoisotopic (exact) mass is 260 g/mol. The molecule has 6 nitrogen and oxygen atoms in total. The first-order valence-electron chi connectivity index (χ1n) is 6.36. The molecule has 0 spiro atoms. The van der Waals surface area contributed by atoms with Gasteiger partial charge in [0.1, 0.15) is 0 Å². The molecular formula is C12H24N2O4. The van der Waals surface area contributed by atoms with Gasteiger partial charge >= 0.3 is 12.0 Å². The molecule has 18 heavy (non-hydrogen) atoms. The van der Waals surface area contributed by atoms with E-state index in [1.165, 1.54) is 4.90 Å². The van der Waals surface area contributed by atoms with E-state index in [0.717, 1.165) is 6.42 Å². The minimum absolute atomic E-state index is 0.0454. The first-order valence-corrected chi connectivity index (χ1v) is 6.36. The second-order valence-electron chi connectivity index (χ2n) is 4.36. The Kier molecular flexibility index (Phi) is 9.00. The molecule has 2 amide bonds. The van der Waals surface area contributed by atoms with E-state index >= 15 is 0 Å². The quantitative estimate of drug-likeness (QED) is 0.574. The van der Waals surface area contributed by atoms with Gasteiger partial charge in [0.2, 0.25) is 0 Å². The van der Waals surface area contributed by atoms with Crippen molar-refractivity contribution < 1.29 is 19.8 Å². The lowest BCUT2D eigenvalue weighted by Crippen LogP contribution is -2.41. The van der Waals surface area contributed by atoms with Crippen LogP contribution in [0.25, 0.3) is 0 Å². The van der Waals surface area contributed by atoms with E-state index in [9.17, 15) is 9.59 Å². The van der Waals surface area contributed by atoms with Crippen LogP contribution in [-0.2, 0) is 4.79 Å². The van der Waals surface area contributed by atoms with Crippen LogP contribution in [0.15, 0.2) is 0 Å². The third kappa shape index (κ3) is 7.89. The molecule has 0 saturated carbocycles. The zero-order valence-corrected chi connectivity index (χ0v) is 11.2. The molecule has 0 rings (SSSR count). The number of aliphatic hydroxyl groups is 1. The topological polar surface area (TPSA) is 89.9 Å². The predicted octanol–water partition coefficient (Wildman–Crippen LogP) is 0.901. The average molecular weight is 260 g/mol. The predicted molar refractivity (Wildman–Crippen MR) is 68.4 cm³/mol. The van der Waals surface area contributed by atoms with Crippen molar-refractivity contribution in [3.63, 3.8) is 0 Å². The van der Waals surface area contributed by atoms with Gasteiger partial charge in [0.05, 0.1) is 6.61 Å². The van der Waals surface area contributed by atoms with Crippen molar-refractivity contribution in [2.24, 2.45) is 5.92 Å². The summed E-state index contributed by atoms with van der Waals surface area (Å²) in [6.45, 7) is 5.20. The molecule has 1 unspecified atom stereocenters. The number of carbonyl (C=O) groups is 2. The number of hydrogen-bond donors (Lipinski definition) is 3. The highest BCUT2D eigenvalue weighted by atomic mass is 16.4. The molecule has 0 saturated heterocycles. The summed E-state index contributed by atoms with van der Waals surface area (Å²) in [6, 6.07) is -0.183. The fourth-order valence-electron chi connectivity index (χ4n) is 1.58. The van der Waals surface area contributed by atoms with Crippen molar-refractivity contribution >= 4 is 12.0 Å². The van der Waals surface area contributed by atoms with E-state index in [2.05, 4.69) is 5.32 Å². The number of carboxylic acids is 1. The number of nitrogens with one attached hydrogen (secondary N) is 1. The molecule has 0 aromatic heterocycles. The van der Waals surface area contributed by atoms with Crippen molar-refractivity contribution in [3.05, 3.63) is 0 Å². The zero-order chi connectivity index (χ0) is 14.0. The van der Waals surface area contributed by atoms with Crippen LogP contribution in [-0.4, -0.2) is 53.4 Å². The number of rotatable bonds is 9. The Morgan fingerprint density at radius 3 is 2.50 bits per heavy atom. The molecule has 0 aliphatic rings. The summed E-state index contributed by atoms with van der Waals surface area (Å²) in [4.78, 5) is 23.5. The zero-order valence-electron chi connectivity index (χ0n) is 11.2. The standard InChI is InChI=1S/C12H24N2O4/c1-3-14(8-9-15)12(18)13-7-6-10(2)4-5-11(16)17/h10,15H,3-9H2,1-2H3,(H,13,18)(H,16,17). The molecule has 0 aromatic carbocycles. The van der Waals surface area contributed by atoms with Gasteiger partial charge in [-0.2, -0.15) is 0 Å². The molecular weight excluding hydrogens is 236 g/mol. The molecule has 0 aromatic rings. The van der Waals surface area contributed by atoms with Crippen molar-refractivity contribution in [1.29, 1.82) is 0 Å². The Balaban J connectivity index is 3.75. The second kappa shape index (κ2) is 9.70. The molecule has 0 aliphatic heterocycles. The Bertz CT molecular complexity index is 258.